The van der Waals surface area contributed by atoms with Gasteiger partial charge in [-0.15, -0.1) is 0 Å². The monoisotopic (exact) mass is 332 g/mol. The zero-order valence-corrected chi connectivity index (χ0v) is 14.3. The van der Waals surface area contributed by atoms with Gasteiger partial charge < -0.3 is 23.7 Å². The minimum absolute atomic E-state index is 0.206. The lowest BCUT2D eigenvalue weighted by atomic mass is 9.91. The van der Waals surface area contributed by atoms with Gasteiger partial charge in [-0.05, 0) is 20.3 Å². The predicted octanol–water partition coefficient (Wildman–Crippen LogP) is 1.33. The summed E-state index contributed by atoms with van der Waals surface area (Å²) in [6, 6.07) is 0. The Morgan fingerprint density at radius 2 is 1.74 bits per heavy atom. The predicted molar refractivity (Wildman–Crippen MR) is 82.0 cm³/mol. The average Bonchev–Trinajstić information content (AvgIpc) is 2.94. The highest BCUT2D eigenvalue weighted by Crippen LogP contribution is 2.21. The lowest BCUT2D eigenvalue weighted by Gasteiger charge is -2.20. The second-order valence-electron chi connectivity index (χ2n) is 5.91. The van der Waals surface area contributed by atoms with E-state index in [1.165, 1.54) is 0 Å². The molecule has 1 aliphatic heterocycles. The lowest BCUT2D eigenvalue weighted by molar-refractivity contribution is -0.155. The second-order valence-corrected chi connectivity index (χ2v) is 5.91. The molecule has 1 heterocycles. The van der Waals surface area contributed by atoms with Crippen LogP contribution in [0, 0.1) is 5.41 Å². The SMILES string of the molecule is CCC(C)(C)C(=O)OCCOCCOCCOC1CCOC1=O. The van der Waals surface area contributed by atoms with Crippen molar-refractivity contribution in [2.24, 2.45) is 5.41 Å². The molecule has 1 atom stereocenters. The van der Waals surface area contributed by atoms with Gasteiger partial charge in [0.05, 0.1) is 45.1 Å². The largest absolute Gasteiger partial charge is 0.464 e. The van der Waals surface area contributed by atoms with Crippen LogP contribution in [0.4, 0.5) is 0 Å². The van der Waals surface area contributed by atoms with Crippen LogP contribution in [0.15, 0.2) is 0 Å². The number of carbonyl (C=O) groups is 2. The zero-order chi connectivity index (χ0) is 17.1. The van der Waals surface area contributed by atoms with E-state index in [-0.39, 0.29) is 18.5 Å². The number of ether oxygens (including phenoxy) is 5. The van der Waals surface area contributed by atoms with E-state index in [1.54, 1.807) is 0 Å². The zero-order valence-electron chi connectivity index (χ0n) is 14.3. The van der Waals surface area contributed by atoms with Gasteiger partial charge in [-0.2, -0.15) is 0 Å². The third-order valence-electron chi connectivity index (χ3n) is 3.70. The fourth-order valence-corrected chi connectivity index (χ4v) is 1.73. The molecule has 1 fully saturated rings. The molecule has 1 rings (SSSR count). The van der Waals surface area contributed by atoms with Crippen LogP contribution < -0.4 is 0 Å². The van der Waals surface area contributed by atoms with Crippen molar-refractivity contribution < 1.29 is 33.3 Å². The van der Waals surface area contributed by atoms with Crippen molar-refractivity contribution in [3.05, 3.63) is 0 Å². The first-order valence-electron chi connectivity index (χ1n) is 8.08. The Balaban J connectivity index is 1.86. The molecule has 1 unspecified atom stereocenters. The first kappa shape index (κ1) is 19.9. The molecule has 134 valence electrons. The van der Waals surface area contributed by atoms with E-state index in [1.807, 2.05) is 20.8 Å². The van der Waals surface area contributed by atoms with E-state index < -0.39 is 11.5 Å². The molecular formula is C16H28O7. The van der Waals surface area contributed by atoms with Crippen LogP contribution in [0.25, 0.3) is 0 Å². The molecule has 0 spiro atoms. The molecule has 7 nitrogen and oxygen atoms in total. The van der Waals surface area contributed by atoms with Gasteiger partial charge in [-0.1, -0.05) is 6.92 Å². The standard InChI is InChI=1S/C16H28O7/c1-4-16(2,3)15(18)23-12-10-20-8-7-19-9-11-21-13-5-6-22-14(13)17/h13H,4-12H2,1-3H3. The summed E-state index contributed by atoms with van der Waals surface area (Å²) in [4.78, 5) is 22.8. The Kier molecular flexibility index (Phi) is 9.13. The number of hydrogen-bond acceptors (Lipinski definition) is 7. The minimum Gasteiger partial charge on any atom is -0.464 e. The molecule has 0 N–H and O–H groups in total. The topological polar surface area (TPSA) is 80.3 Å². The Hall–Kier alpha value is -1.18. The van der Waals surface area contributed by atoms with Crippen LogP contribution in [0.3, 0.4) is 0 Å². The van der Waals surface area contributed by atoms with E-state index in [4.69, 9.17) is 23.7 Å². The highest BCUT2D eigenvalue weighted by Gasteiger charge is 2.27. The first-order chi connectivity index (χ1) is 11.0. The van der Waals surface area contributed by atoms with E-state index in [0.29, 0.717) is 46.1 Å². The average molecular weight is 332 g/mol. The van der Waals surface area contributed by atoms with E-state index in [0.717, 1.165) is 6.42 Å². The Morgan fingerprint density at radius 1 is 1.13 bits per heavy atom. The maximum absolute atomic E-state index is 11.7. The summed E-state index contributed by atoms with van der Waals surface area (Å²) in [5, 5.41) is 0. The Labute approximate surface area is 137 Å². The summed E-state index contributed by atoms with van der Waals surface area (Å²) in [5.74, 6) is -0.503. The fourth-order valence-electron chi connectivity index (χ4n) is 1.73. The smallest absolute Gasteiger partial charge is 0.335 e. The Morgan fingerprint density at radius 3 is 2.30 bits per heavy atom. The molecule has 0 bridgehead atoms. The summed E-state index contributed by atoms with van der Waals surface area (Å²) < 4.78 is 25.9. The molecule has 0 aromatic heterocycles. The Bertz CT molecular complexity index is 367. The fraction of sp³-hybridized carbons (Fsp3) is 0.875. The molecule has 0 saturated carbocycles. The van der Waals surface area contributed by atoms with Gasteiger partial charge in [-0.3, -0.25) is 4.79 Å². The molecule has 23 heavy (non-hydrogen) atoms. The molecule has 0 aliphatic carbocycles. The quantitative estimate of drug-likeness (QED) is 0.394. The van der Waals surface area contributed by atoms with Crippen LogP contribution in [-0.4, -0.2) is 64.3 Å². The number of hydrogen-bond donors (Lipinski definition) is 0. The van der Waals surface area contributed by atoms with Crippen LogP contribution >= 0.6 is 0 Å². The maximum atomic E-state index is 11.7. The molecule has 1 aliphatic rings. The molecule has 0 radical (unpaired) electrons. The van der Waals surface area contributed by atoms with Crippen molar-refractivity contribution >= 4 is 11.9 Å². The second kappa shape index (κ2) is 10.6. The van der Waals surface area contributed by atoms with Gasteiger partial charge in [0, 0.05) is 6.42 Å². The summed E-state index contributed by atoms with van der Waals surface area (Å²) in [6.45, 7) is 8.28. The van der Waals surface area contributed by atoms with Crippen molar-refractivity contribution in [1.29, 1.82) is 0 Å². The minimum atomic E-state index is -0.450. The normalized spacial score (nSPS) is 18.0. The van der Waals surface area contributed by atoms with Gasteiger partial charge in [0.2, 0.25) is 0 Å². The van der Waals surface area contributed by atoms with Crippen LogP contribution in [-0.2, 0) is 33.3 Å². The molecule has 7 heteroatoms. The number of cyclic esters (lactones) is 1. The number of esters is 2. The molecule has 1 saturated heterocycles. The van der Waals surface area contributed by atoms with Gasteiger partial charge >= 0.3 is 11.9 Å². The van der Waals surface area contributed by atoms with Gasteiger partial charge in [0.15, 0.2) is 6.10 Å². The summed E-state index contributed by atoms with van der Waals surface area (Å²) in [6.07, 6.45) is 0.897. The van der Waals surface area contributed by atoms with Gasteiger partial charge in [-0.25, -0.2) is 4.79 Å². The highest BCUT2D eigenvalue weighted by atomic mass is 16.6. The number of rotatable bonds is 12. The van der Waals surface area contributed by atoms with Crippen LogP contribution in [0.1, 0.15) is 33.6 Å². The summed E-state index contributed by atoms with van der Waals surface area (Å²) >= 11 is 0. The molecule has 0 aromatic carbocycles. The van der Waals surface area contributed by atoms with Gasteiger partial charge in [0.1, 0.15) is 6.61 Å². The first-order valence-corrected chi connectivity index (χ1v) is 8.08. The van der Waals surface area contributed by atoms with E-state index in [9.17, 15) is 9.59 Å². The molecule has 0 aromatic rings. The highest BCUT2D eigenvalue weighted by molar-refractivity contribution is 5.76. The summed E-state index contributed by atoms with van der Waals surface area (Å²) in [5.41, 5.74) is -0.450. The third-order valence-corrected chi connectivity index (χ3v) is 3.70. The van der Waals surface area contributed by atoms with Gasteiger partial charge in [0.25, 0.3) is 0 Å². The van der Waals surface area contributed by atoms with Crippen molar-refractivity contribution in [3.63, 3.8) is 0 Å². The van der Waals surface area contributed by atoms with E-state index >= 15 is 0 Å². The van der Waals surface area contributed by atoms with Crippen LogP contribution in [0.5, 0.6) is 0 Å². The maximum Gasteiger partial charge on any atom is 0.335 e. The summed E-state index contributed by atoms with van der Waals surface area (Å²) in [7, 11) is 0. The van der Waals surface area contributed by atoms with Crippen molar-refractivity contribution in [3.8, 4) is 0 Å². The lowest BCUT2D eigenvalue weighted by Crippen LogP contribution is -2.27. The molecular weight excluding hydrogens is 304 g/mol. The van der Waals surface area contributed by atoms with Crippen LogP contribution in [0.2, 0.25) is 0 Å². The van der Waals surface area contributed by atoms with Crippen molar-refractivity contribution in [2.75, 3.05) is 46.2 Å². The molecule has 0 amide bonds. The van der Waals surface area contributed by atoms with E-state index in [2.05, 4.69) is 0 Å². The van der Waals surface area contributed by atoms with Crippen molar-refractivity contribution in [1.82, 2.24) is 0 Å². The van der Waals surface area contributed by atoms with Crippen molar-refractivity contribution in [2.45, 2.75) is 39.7 Å². The number of carbonyl (C=O) groups excluding carboxylic acids is 2. The third kappa shape index (κ3) is 7.76.